The third-order valence-corrected chi connectivity index (χ3v) is 1.67. The van der Waals surface area contributed by atoms with Gasteiger partial charge in [-0.3, -0.25) is 4.79 Å². The van der Waals surface area contributed by atoms with E-state index in [4.69, 9.17) is 10.8 Å². The largest absolute Gasteiger partial charge is 0.481 e. The average Bonchev–Trinajstić information content (AvgIpc) is 2.09. The van der Waals surface area contributed by atoms with Crippen molar-refractivity contribution in [3.05, 3.63) is 23.1 Å². The van der Waals surface area contributed by atoms with Gasteiger partial charge in [0.05, 0.1) is 12.1 Å². The van der Waals surface area contributed by atoms with Crippen molar-refractivity contribution >= 4 is 11.8 Å². The second-order valence-corrected chi connectivity index (χ2v) is 2.76. The number of nitrogens with two attached hydrogens (primary N) is 1. The van der Waals surface area contributed by atoms with Crippen molar-refractivity contribution in [3.63, 3.8) is 0 Å². The summed E-state index contributed by atoms with van der Waals surface area (Å²) in [5.41, 5.74) is 3.88. The van der Waals surface area contributed by atoms with Gasteiger partial charge < -0.3 is 10.8 Å². The van der Waals surface area contributed by atoms with Crippen LogP contribution in [-0.4, -0.2) is 16.1 Å². The first-order chi connectivity index (χ1) is 6.91. The van der Waals surface area contributed by atoms with E-state index in [0.717, 1.165) is 0 Å². The Morgan fingerprint density at radius 2 is 2.20 bits per heavy atom. The van der Waals surface area contributed by atoms with Gasteiger partial charge in [0.25, 0.3) is 6.43 Å². The van der Waals surface area contributed by atoms with E-state index in [1.807, 2.05) is 0 Å². The smallest absolute Gasteiger partial charge is 0.309 e. The van der Waals surface area contributed by atoms with Crippen LogP contribution in [0.15, 0.2) is 6.07 Å². The number of aromatic nitrogens is 1. The number of nitrogen functional groups attached to an aromatic ring is 1. The lowest BCUT2D eigenvalue weighted by atomic mass is 10.1. The number of rotatable bonds is 3. The van der Waals surface area contributed by atoms with Crippen molar-refractivity contribution in [2.24, 2.45) is 0 Å². The number of aliphatic carboxylic acids is 1. The summed E-state index contributed by atoms with van der Waals surface area (Å²) in [6, 6.07) is 0.505. The van der Waals surface area contributed by atoms with Gasteiger partial charge in [-0.05, 0) is 6.07 Å². The van der Waals surface area contributed by atoms with Crippen LogP contribution in [0.5, 0.6) is 0 Å². The highest BCUT2D eigenvalue weighted by molar-refractivity contribution is 5.70. The first-order valence-corrected chi connectivity index (χ1v) is 3.86. The molecule has 0 aliphatic carbocycles. The Labute approximate surface area is 82.5 Å². The summed E-state index contributed by atoms with van der Waals surface area (Å²) in [7, 11) is 0. The lowest BCUT2D eigenvalue weighted by Crippen LogP contribution is -2.09. The van der Waals surface area contributed by atoms with Crippen LogP contribution in [-0.2, 0) is 11.2 Å². The molecule has 0 bridgehead atoms. The molecule has 1 rings (SSSR count). The zero-order valence-electron chi connectivity index (χ0n) is 7.38. The minimum Gasteiger partial charge on any atom is -0.481 e. The maximum absolute atomic E-state index is 12.8. The van der Waals surface area contributed by atoms with Gasteiger partial charge >= 0.3 is 5.97 Å². The molecule has 0 fully saturated rings. The molecule has 0 amide bonds. The fourth-order valence-electron chi connectivity index (χ4n) is 1.03. The number of carboxylic acids is 1. The number of carbonyl (C=O) groups is 1. The number of anilines is 1. The Balaban J connectivity index is 3.21. The van der Waals surface area contributed by atoms with Crippen LogP contribution in [0.25, 0.3) is 0 Å². The van der Waals surface area contributed by atoms with Gasteiger partial charge in [-0.15, -0.1) is 0 Å². The molecule has 1 aromatic heterocycles. The highest BCUT2D eigenvalue weighted by Crippen LogP contribution is 2.24. The summed E-state index contributed by atoms with van der Waals surface area (Å²) >= 11 is 0. The third kappa shape index (κ3) is 2.58. The SMILES string of the molecule is Nc1nc(CC(=O)O)c(C(F)F)cc1F. The number of carboxylic acid groups (broad SMARTS) is 1. The number of nitrogens with zero attached hydrogens (tertiary/aromatic N) is 1. The van der Waals surface area contributed by atoms with Gasteiger partial charge in [0.1, 0.15) is 0 Å². The number of alkyl halides is 2. The van der Waals surface area contributed by atoms with Gasteiger partial charge in [-0.2, -0.15) is 0 Å². The van der Waals surface area contributed by atoms with Crippen molar-refractivity contribution in [1.82, 2.24) is 4.98 Å². The standard InChI is InChI=1S/C8H7F3N2O2/c9-4-1-3(7(10)11)5(2-6(14)15)13-8(4)12/h1,7H,2H2,(H2,12,13)(H,14,15). The quantitative estimate of drug-likeness (QED) is 0.806. The van der Waals surface area contributed by atoms with E-state index in [2.05, 4.69) is 4.98 Å². The zero-order chi connectivity index (χ0) is 11.6. The maximum atomic E-state index is 12.8. The number of hydrogen-bond acceptors (Lipinski definition) is 3. The summed E-state index contributed by atoms with van der Waals surface area (Å²) in [5, 5.41) is 8.41. The molecule has 1 aromatic rings. The normalized spacial score (nSPS) is 10.7. The molecule has 0 aromatic carbocycles. The van der Waals surface area contributed by atoms with Crippen LogP contribution in [0.3, 0.4) is 0 Å². The van der Waals surface area contributed by atoms with Crippen LogP contribution in [0, 0.1) is 5.82 Å². The minimum absolute atomic E-state index is 0.420. The molecular weight excluding hydrogens is 213 g/mol. The van der Waals surface area contributed by atoms with Gasteiger partial charge in [0.2, 0.25) is 0 Å². The van der Waals surface area contributed by atoms with E-state index in [-0.39, 0.29) is 0 Å². The van der Waals surface area contributed by atoms with Gasteiger partial charge in [0.15, 0.2) is 11.6 Å². The topological polar surface area (TPSA) is 76.2 Å². The Bertz CT molecular complexity index is 396. The van der Waals surface area contributed by atoms with Crippen LogP contribution < -0.4 is 5.73 Å². The maximum Gasteiger partial charge on any atom is 0.309 e. The zero-order valence-corrected chi connectivity index (χ0v) is 7.38. The molecule has 0 saturated heterocycles. The van der Waals surface area contributed by atoms with Crippen LogP contribution in [0.1, 0.15) is 17.7 Å². The Morgan fingerprint density at radius 3 is 2.67 bits per heavy atom. The first-order valence-electron chi connectivity index (χ1n) is 3.86. The minimum atomic E-state index is -2.98. The van der Waals surface area contributed by atoms with Crippen LogP contribution >= 0.6 is 0 Å². The number of hydrogen-bond donors (Lipinski definition) is 2. The predicted octanol–water partition coefficient (Wildman–Crippen LogP) is 1.37. The average molecular weight is 220 g/mol. The molecule has 4 nitrogen and oxygen atoms in total. The predicted molar refractivity (Wildman–Crippen MR) is 44.9 cm³/mol. The monoisotopic (exact) mass is 220 g/mol. The summed E-state index contributed by atoms with van der Waals surface area (Å²) in [5.74, 6) is -3.01. The fraction of sp³-hybridized carbons (Fsp3) is 0.250. The Hall–Kier alpha value is -1.79. The molecule has 0 radical (unpaired) electrons. The van der Waals surface area contributed by atoms with Crippen molar-refractivity contribution < 1.29 is 23.1 Å². The summed E-state index contributed by atoms with van der Waals surface area (Å²) in [4.78, 5) is 13.6. The summed E-state index contributed by atoms with van der Waals surface area (Å²) < 4.78 is 37.5. The molecule has 3 N–H and O–H groups in total. The van der Waals surface area contributed by atoms with E-state index < -0.39 is 41.7 Å². The van der Waals surface area contributed by atoms with Crippen molar-refractivity contribution in [3.8, 4) is 0 Å². The van der Waals surface area contributed by atoms with Crippen LogP contribution in [0.2, 0.25) is 0 Å². The first kappa shape index (κ1) is 11.3. The van der Waals surface area contributed by atoms with Crippen molar-refractivity contribution in [2.75, 3.05) is 5.73 Å². The molecule has 0 aliphatic heterocycles. The van der Waals surface area contributed by atoms with Crippen molar-refractivity contribution in [1.29, 1.82) is 0 Å². The molecule has 0 spiro atoms. The third-order valence-electron chi connectivity index (χ3n) is 1.67. The molecule has 15 heavy (non-hydrogen) atoms. The second-order valence-electron chi connectivity index (χ2n) is 2.76. The second kappa shape index (κ2) is 4.16. The van der Waals surface area contributed by atoms with Crippen molar-refractivity contribution in [2.45, 2.75) is 12.8 Å². The summed E-state index contributed by atoms with van der Waals surface area (Å²) in [6.07, 6.45) is -3.70. The lowest BCUT2D eigenvalue weighted by molar-refractivity contribution is -0.136. The molecule has 7 heteroatoms. The highest BCUT2D eigenvalue weighted by atomic mass is 19.3. The van der Waals surface area contributed by atoms with Gasteiger partial charge in [-0.1, -0.05) is 0 Å². The molecule has 82 valence electrons. The molecule has 0 atom stereocenters. The molecule has 0 saturated carbocycles. The van der Waals surface area contributed by atoms with E-state index in [0.29, 0.717) is 6.07 Å². The molecular formula is C8H7F3N2O2. The fourth-order valence-corrected chi connectivity index (χ4v) is 1.03. The molecule has 0 unspecified atom stereocenters. The summed E-state index contributed by atoms with van der Waals surface area (Å²) in [6.45, 7) is 0. The lowest BCUT2D eigenvalue weighted by Gasteiger charge is -2.07. The molecule has 0 aliphatic rings. The van der Waals surface area contributed by atoms with Gasteiger partial charge in [0, 0.05) is 5.56 Å². The van der Waals surface area contributed by atoms with E-state index >= 15 is 0 Å². The van der Waals surface area contributed by atoms with E-state index in [1.165, 1.54) is 0 Å². The number of pyridine rings is 1. The van der Waals surface area contributed by atoms with E-state index in [9.17, 15) is 18.0 Å². The molecule has 1 heterocycles. The van der Waals surface area contributed by atoms with E-state index in [1.54, 1.807) is 0 Å². The Morgan fingerprint density at radius 1 is 1.60 bits per heavy atom. The van der Waals surface area contributed by atoms with Gasteiger partial charge in [-0.25, -0.2) is 18.2 Å². The highest BCUT2D eigenvalue weighted by Gasteiger charge is 2.19. The van der Waals surface area contributed by atoms with Crippen LogP contribution in [0.4, 0.5) is 19.0 Å². The Kier molecular flexibility index (Phi) is 3.13. The number of halogens is 3.